The van der Waals surface area contributed by atoms with Gasteiger partial charge in [-0.15, -0.1) is 11.3 Å². The van der Waals surface area contributed by atoms with E-state index in [4.69, 9.17) is 4.74 Å². The number of aliphatic hydroxyl groups excluding tert-OH is 1. The third-order valence-electron chi connectivity index (χ3n) is 1.82. The fraction of sp³-hybridized carbons (Fsp3) is 0.636. The molecule has 0 fully saturated rings. The number of thiazole rings is 1. The van der Waals surface area contributed by atoms with Crippen molar-refractivity contribution in [3.05, 3.63) is 16.6 Å². The average Bonchev–Trinajstić information content (AvgIpc) is 2.66. The standard InChI is InChI=1S/C11H18N2O3S/c1-11(2,3)16-10(15)13-5-4-8(14)9-12-6-7-17-9/h6-8,14H,4-5H2,1-3H3,(H,13,15)/t8-/m1/s1. The zero-order valence-electron chi connectivity index (χ0n) is 10.3. The number of nitrogens with zero attached hydrogens (tertiary/aromatic N) is 1. The normalized spacial score (nSPS) is 13.2. The summed E-state index contributed by atoms with van der Waals surface area (Å²) in [4.78, 5) is 15.3. The summed E-state index contributed by atoms with van der Waals surface area (Å²) in [6, 6.07) is 0. The van der Waals surface area contributed by atoms with Gasteiger partial charge in [0, 0.05) is 18.1 Å². The Bertz CT molecular complexity index is 346. The summed E-state index contributed by atoms with van der Waals surface area (Å²) in [5.74, 6) is 0. The van der Waals surface area contributed by atoms with Crippen molar-refractivity contribution in [3.8, 4) is 0 Å². The summed E-state index contributed by atoms with van der Waals surface area (Å²) in [5.41, 5.74) is -0.502. The predicted octanol–water partition coefficient (Wildman–Crippen LogP) is 2.09. The fourth-order valence-corrected chi connectivity index (χ4v) is 1.81. The second-order valence-corrected chi connectivity index (χ2v) is 5.53. The third-order valence-corrected chi connectivity index (χ3v) is 2.70. The van der Waals surface area contributed by atoms with E-state index in [1.54, 1.807) is 32.3 Å². The molecular formula is C11H18N2O3S. The highest BCUT2D eigenvalue weighted by atomic mass is 32.1. The van der Waals surface area contributed by atoms with Crippen molar-refractivity contribution < 1.29 is 14.6 Å². The number of carbonyl (C=O) groups is 1. The second-order valence-electron chi connectivity index (χ2n) is 4.60. The Labute approximate surface area is 105 Å². The predicted molar refractivity (Wildman–Crippen MR) is 65.9 cm³/mol. The third kappa shape index (κ3) is 5.65. The quantitative estimate of drug-likeness (QED) is 0.867. The molecule has 0 saturated carbocycles. The lowest BCUT2D eigenvalue weighted by molar-refractivity contribution is 0.0518. The lowest BCUT2D eigenvalue weighted by atomic mass is 10.2. The van der Waals surface area contributed by atoms with Crippen LogP contribution in [0.25, 0.3) is 0 Å². The number of amides is 1. The first-order chi connectivity index (χ1) is 7.88. The maximum Gasteiger partial charge on any atom is 0.407 e. The van der Waals surface area contributed by atoms with Gasteiger partial charge >= 0.3 is 6.09 Å². The van der Waals surface area contributed by atoms with E-state index in [9.17, 15) is 9.90 Å². The van der Waals surface area contributed by atoms with Gasteiger partial charge in [-0.1, -0.05) is 0 Å². The summed E-state index contributed by atoms with van der Waals surface area (Å²) in [6.45, 7) is 5.76. The number of nitrogens with one attached hydrogen (secondary N) is 1. The van der Waals surface area contributed by atoms with Gasteiger partial charge in [0.2, 0.25) is 0 Å². The number of hydrogen-bond donors (Lipinski definition) is 2. The van der Waals surface area contributed by atoms with Crippen molar-refractivity contribution in [1.82, 2.24) is 10.3 Å². The zero-order valence-corrected chi connectivity index (χ0v) is 11.1. The van der Waals surface area contributed by atoms with Crippen molar-refractivity contribution >= 4 is 17.4 Å². The molecule has 1 amide bonds. The van der Waals surface area contributed by atoms with Crippen molar-refractivity contribution in [1.29, 1.82) is 0 Å². The summed E-state index contributed by atoms with van der Waals surface area (Å²) in [5, 5.41) is 14.8. The molecule has 1 atom stereocenters. The van der Waals surface area contributed by atoms with E-state index in [1.807, 2.05) is 0 Å². The Morgan fingerprint density at radius 3 is 2.88 bits per heavy atom. The minimum absolute atomic E-state index is 0.357. The Morgan fingerprint density at radius 1 is 1.65 bits per heavy atom. The summed E-state index contributed by atoms with van der Waals surface area (Å²) in [6.07, 6.45) is 0.964. The highest BCUT2D eigenvalue weighted by molar-refractivity contribution is 7.09. The van der Waals surface area contributed by atoms with Crippen LogP contribution in [0.2, 0.25) is 0 Å². The van der Waals surface area contributed by atoms with Crippen LogP contribution in [0, 0.1) is 0 Å². The van der Waals surface area contributed by atoms with Gasteiger partial charge in [-0.05, 0) is 27.2 Å². The van der Waals surface area contributed by atoms with Crippen LogP contribution >= 0.6 is 11.3 Å². The molecule has 0 aliphatic carbocycles. The fourth-order valence-electron chi connectivity index (χ4n) is 1.15. The number of alkyl carbamates (subject to hydrolysis) is 1. The van der Waals surface area contributed by atoms with Gasteiger partial charge in [-0.2, -0.15) is 0 Å². The first-order valence-corrected chi connectivity index (χ1v) is 6.31. The molecule has 0 aromatic carbocycles. The molecular weight excluding hydrogens is 240 g/mol. The molecule has 0 saturated heterocycles. The molecule has 0 aliphatic heterocycles. The van der Waals surface area contributed by atoms with Gasteiger partial charge in [-0.3, -0.25) is 0 Å². The van der Waals surface area contributed by atoms with Crippen molar-refractivity contribution in [2.45, 2.75) is 38.9 Å². The summed E-state index contributed by atoms with van der Waals surface area (Å²) >= 11 is 1.39. The summed E-state index contributed by atoms with van der Waals surface area (Å²) in [7, 11) is 0. The highest BCUT2D eigenvalue weighted by Crippen LogP contribution is 2.17. The average molecular weight is 258 g/mol. The molecule has 0 spiro atoms. The number of ether oxygens (including phenoxy) is 1. The van der Waals surface area contributed by atoms with Crippen LogP contribution < -0.4 is 5.32 Å². The Balaban J connectivity index is 2.22. The van der Waals surface area contributed by atoms with Crippen LogP contribution in [-0.4, -0.2) is 28.3 Å². The second kappa shape index (κ2) is 5.97. The largest absolute Gasteiger partial charge is 0.444 e. The number of aliphatic hydroxyl groups is 1. The van der Waals surface area contributed by atoms with Crippen LogP contribution in [0.3, 0.4) is 0 Å². The molecule has 1 aromatic heterocycles. The minimum atomic E-state index is -0.634. The molecule has 0 bridgehead atoms. The molecule has 0 aliphatic rings. The van der Waals surface area contributed by atoms with E-state index in [0.717, 1.165) is 0 Å². The van der Waals surface area contributed by atoms with Crippen molar-refractivity contribution in [2.75, 3.05) is 6.54 Å². The van der Waals surface area contributed by atoms with Crippen LogP contribution in [0.1, 0.15) is 38.3 Å². The van der Waals surface area contributed by atoms with Crippen LogP contribution in [0.4, 0.5) is 4.79 Å². The van der Waals surface area contributed by atoms with E-state index >= 15 is 0 Å². The highest BCUT2D eigenvalue weighted by Gasteiger charge is 2.16. The molecule has 17 heavy (non-hydrogen) atoms. The molecule has 96 valence electrons. The van der Waals surface area contributed by atoms with Crippen molar-refractivity contribution in [2.24, 2.45) is 0 Å². The van der Waals surface area contributed by atoms with E-state index in [2.05, 4.69) is 10.3 Å². The number of carbonyl (C=O) groups excluding carboxylic acids is 1. The van der Waals surface area contributed by atoms with Crippen LogP contribution in [0.15, 0.2) is 11.6 Å². The van der Waals surface area contributed by atoms with Crippen LogP contribution in [0.5, 0.6) is 0 Å². The van der Waals surface area contributed by atoms with E-state index in [0.29, 0.717) is 18.0 Å². The maximum atomic E-state index is 11.3. The molecule has 6 heteroatoms. The summed E-state index contributed by atoms with van der Waals surface area (Å²) < 4.78 is 5.07. The van der Waals surface area contributed by atoms with E-state index in [-0.39, 0.29) is 0 Å². The van der Waals surface area contributed by atoms with Gasteiger partial charge in [0.15, 0.2) is 0 Å². The lowest BCUT2D eigenvalue weighted by Gasteiger charge is -2.19. The van der Waals surface area contributed by atoms with Crippen molar-refractivity contribution in [3.63, 3.8) is 0 Å². The SMILES string of the molecule is CC(C)(C)OC(=O)NCC[C@@H](O)c1nccs1. The molecule has 5 nitrogen and oxygen atoms in total. The van der Waals surface area contributed by atoms with Gasteiger partial charge in [-0.25, -0.2) is 9.78 Å². The molecule has 1 rings (SSSR count). The first-order valence-electron chi connectivity index (χ1n) is 5.43. The Hall–Kier alpha value is -1.14. The van der Waals surface area contributed by atoms with Gasteiger partial charge in [0.1, 0.15) is 16.7 Å². The molecule has 2 N–H and O–H groups in total. The Morgan fingerprint density at radius 2 is 2.35 bits per heavy atom. The number of hydrogen-bond acceptors (Lipinski definition) is 5. The maximum absolute atomic E-state index is 11.3. The van der Waals surface area contributed by atoms with E-state index in [1.165, 1.54) is 11.3 Å². The molecule has 0 unspecified atom stereocenters. The number of aromatic nitrogens is 1. The first kappa shape index (κ1) is 13.9. The van der Waals surface area contributed by atoms with Gasteiger partial charge < -0.3 is 15.2 Å². The molecule has 1 aromatic rings. The van der Waals surface area contributed by atoms with Gasteiger partial charge in [0.25, 0.3) is 0 Å². The van der Waals surface area contributed by atoms with Crippen LogP contribution in [-0.2, 0) is 4.74 Å². The smallest absolute Gasteiger partial charge is 0.407 e. The lowest BCUT2D eigenvalue weighted by Crippen LogP contribution is -2.33. The van der Waals surface area contributed by atoms with Gasteiger partial charge in [0.05, 0.1) is 0 Å². The van der Waals surface area contributed by atoms with E-state index < -0.39 is 17.8 Å². The minimum Gasteiger partial charge on any atom is -0.444 e. The Kier molecular flexibility index (Phi) is 4.89. The molecule has 0 radical (unpaired) electrons. The monoisotopic (exact) mass is 258 g/mol. The number of rotatable bonds is 4. The zero-order chi connectivity index (χ0) is 12.9. The topological polar surface area (TPSA) is 71.5 Å². The molecule has 1 heterocycles.